The van der Waals surface area contributed by atoms with Crippen LogP contribution >= 0.6 is 11.8 Å². The van der Waals surface area contributed by atoms with Crippen LogP contribution in [0.3, 0.4) is 0 Å². The number of ether oxygens (including phenoxy) is 1. The molecule has 18 heavy (non-hydrogen) atoms. The topological polar surface area (TPSA) is 21.3 Å². The van der Waals surface area contributed by atoms with Gasteiger partial charge in [0.1, 0.15) is 0 Å². The molecule has 1 N–H and O–H groups in total. The molecule has 3 heteroatoms. The van der Waals surface area contributed by atoms with Gasteiger partial charge >= 0.3 is 0 Å². The highest BCUT2D eigenvalue weighted by Crippen LogP contribution is 2.27. The highest BCUT2D eigenvalue weighted by atomic mass is 32.2. The van der Waals surface area contributed by atoms with Gasteiger partial charge in [-0.1, -0.05) is 6.07 Å². The van der Waals surface area contributed by atoms with Crippen LogP contribution in [0.2, 0.25) is 0 Å². The van der Waals surface area contributed by atoms with Crippen LogP contribution in [0.1, 0.15) is 24.0 Å². The molecule has 1 aliphatic carbocycles. The highest BCUT2D eigenvalue weighted by Gasteiger charge is 2.14. The third-order valence-electron chi connectivity index (χ3n) is 3.76. The molecular weight excluding hydrogens is 242 g/mol. The van der Waals surface area contributed by atoms with Crippen molar-refractivity contribution in [2.45, 2.75) is 36.7 Å². The van der Waals surface area contributed by atoms with Crippen molar-refractivity contribution in [3.8, 4) is 0 Å². The highest BCUT2D eigenvalue weighted by molar-refractivity contribution is 7.99. The van der Waals surface area contributed by atoms with Crippen LogP contribution in [0, 0.1) is 0 Å². The first-order valence-corrected chi connectivity index (χ1v) is 7.97. The Kier molecular flexibility index (Phi) is 4.24. The number of aryl methyl sites for hydroxylation is 2. The number of morpholine rings is 1. The van der Waals surface area contributed by atoms with Crippen molar-refractivity contribution in [1.29, 1.82) is 0 Å². The fourth-order valence-corrected chi connectivity index (χ4v) is 3.70. The Hall–Kier alpha value is -0.510. The zero-order valence-corrected chi connectivity index (χ0v) is 11.6. The van der Waals surface area contributed by atoms with Gasteiger partial charge in [0.25, 0.3) is 0 Å². The van der Waals surface area contributed by atoms with E-state index in [1.807, 2.05) is 11.8 Å². The molecule has 2 nitrogen and oxygen atoms in total. The maximum absolute atomic E-state index is 5.73. The summed E-state index contributed by atoms with van der Waals surface area (Å²) < 4.78 is 5.73. The van der Waals surface area contributed by atoms with Gasteiger partial charge < -0.3 is 10.1 Å². The van der Waals surface area contributed by atoms with Crippen molar-refractivity contribution in [1.82, 2.24) is 5.32 Å². The monoisotopic (exact) mass is 263 g/mol. The molecule has 2 aliphatic rings. The third-order valence-corrected chi connectivity index (χ3v) is 4.89. The molecule has 3 rings (SSSR count). The van der Waals surface area contributed by atoms with Crippen molar-refractivity contribution in [2.24, 2.45) is 0 Å². The van der Waals surface area contributed by atoms with Gasteiger partial charge in [-0.2, -0.15) is 0 Å². The van der Waals surface area contributed by atoms with E-state index >= 15 is 0 Å². The van der Waals surface area contributed by atoms with E-state index in [1.165, 1.54) is 30.6 Å². The van der Waals surface area contributed by atoms with Gasteiger partial charge in [-0.3, -0.25) is 0 Å². The fraction of sp³-hybridized carbons (Fsp3) is 0.600. The second kappa shape index (κ2) is 6.09. The molecule has 0 saturated carbocycles. The van der Waals surface area contributed by atoms with Gasteiger partial charge in [0, 0.05) is 23.7 Å². The van der Waals surface area contributed by atoms with E-state index in [1.54, 1.807) is 11.1 Å². The molecule has 1 aromatic carbocycles. The summed E-state index contributed by atoms with van der Waals surface area (Å²) in [5, 5.41) is 3.38. The fourth-order valence-electron chi connectivity index (χ4n) is 2.72. The van der Waals surface area contributed by atoms with Crippen molar-refractivity contribution in [3.63, 3.8) is 0 Å². The van der Waals surface area contributed by atoms with E-state index in [2.05, 4.69) is 23.5 Å². The number of fused-ring (bicyclic) bond motifs is 1. The summed E-state index contributed by atoms with van der Waals surface area (Å²) in [6.07, 6.45) is 5.64. The maximum Gasteiger partial charge on any atom is 0.0793 e. The number of benzene rings is 1. The van der Waals surface area contributed by atoms with Crippen LogP contribution < -0.4 is 5.32 Å². The molecule has 1 atom stereocenters. The summed E-state index contributed by atoms with van der Waals surface area (Å²) in [6, 6.07) is 7.01. The van der Waals surface area contributed by atoms with Gasteiger partial charge in [-0.25, -0.2) is 0 Å². The zero-order valence-electron chi connectivity index (χ0n) is 10.8. The Labute approximate surface area is 113 Å². The second-order valence-corrected chi connectivity index (χ2v) is 6.24. The van der Waals surface area contributed by atoms with Gasteiger partial charge in [0.2, 0.25) is 0 Å². The SMILES string of the molecule is c1cc2c(cc1SCC1CNCCO1)CCCC2. The van der Waals surface area contributed by atoms with Crippen molar-refractivity contribution < 1.29 is 4.74 Å². The van der Waals surface area contributed by atoms with Crippen LogP contribution in [-0.4, -0.2) is 31.6 Å². The minimum absolute atomic E-state index is 0.375. The smallest absolute Gasteiger partial charge is 0.0793 e. The summed E-state index contributed by atoms with van der Waals surface area (Å²) in [7, 11) is 0. The van der Waals surface area contributed by atoms with E-state index in [0.717, 1.165) is 25.4 Å². The Bertz CT molecular complexity index is 401. The predicted molar refractivity (Wildman–Crippen MR) is 76.4 cm³/mol. The lowest BCUT2D eigenvalue weighted by Gasteiger charge is -2.23. The van der Waals surface area contributed by atoms with E-state index in [0.29, 0.717) is 6.10 Å². The standard InChI is InChI=1S/C15H21NOS/c1-2-4-13-9-15(6-5-12(13)3-1)18-11-14-10-16-7-8-17-14/h5-6,9,14,16H,1-4,7-8,10-11H2. The largest absolute Gasteiger partial charge is 0.375 e. The average Bonchev–Trinajstić information content (AvgIpc) is 2.46. The van der Waals surface area contributed by atoms with Crippen LogP contribution in [0.25, 0.3) is 0 Å². The van der Waals surface area contributed by atoms with Crippen molar-refractivity contribution in [2.75, 3.05) is 25.4 Å². The Balaban J connectivity index is 1.58. The van der Waals surface area contributed by atoms with E-state index in [-0.39, 0.29) is 0 Å². The lowest BCUT2D eigenvalue weighted by atomic mass is 9.92. The third kappa shape index (κ3) is 3.08. The van der Waals surface area contributed by atoms with Gasteiger partial charge in [0.05, 0.1) is 12.7 Å². The molecule has 1 heterocycles. The normalized spacial score (nSPS) is 23.7. The molecule has 0 amide bonds. The van der Waals surface area contributed by atoms with Crippen LogP contribution in [-0.2, 0) is 17.6 Å². The molecule has 1 fully saturated rings. The van der Waals surface area contributed by atoms with Crippen molar-refractivity contribution in [3.05, 3.63) is 29.3 Å². The zero-order chi connectivity index (χ0) is 12.2. The number of nitrogens with one attached hydrogen (secondary N) is 1. The van der Waals surface area contributed by atoms with Gasteiger partial charge in [-0.05, 0) is 48.9 Å². The van der Waals surface area contributed by atoms with Crippen LogP contribution in [0.4, 0.5) is 0 Å². The molecule has 0 aromatic heterocycles. The van der Waals surface area contributed by atoms with E-state index in [9.17, 15) is 0 Å². The Morgan fingerprint density at radius 2 is 2.11 bits per heavy atom. The number of rotatable bonds is 3. The molecule has 1 saturated heterocycles. The molecule has 98 valence electrons. The first kappa shape index (κ1) is 12.5. The van der Waals surface area contributed by atoms with Crippen molar-refractivity contribution >= 4 is 11.8 Å². The molecule has 1 aliphatic heterocycles. The Morgan fingerprint density at radius 1 is 1.22 bits per heavy atom. The number of hydrogen-bond acceptors (Lipinski definition) is 3. The molecule has 0 spiro atoms. The summed E-state index contributed by atoms with van der Waals surface area (Å²) in [6.45, 7) is 2.85. The lowest BCUT2D eigenvalue weighted by molar-refractivity contribution is 0.0441. The lowest BCUT2D eigenvalue weighted by Crippen LogP contribution is -2.39. The average molecular weight is 263 g/mol. The first-order chi connectivity index (χ1) is 8.92. The molecule has 0 radical (unpaired) electrons. The molecule has 1 aromatic rings. The first-order valence-electron chi connectivity index (χ1n) is 6.99. The van der Waals surface area contributed by atoms with Crippen LogP contribution in [0.5, 0.6) is 0 Å². The second-order valence-electron chi connectivity index (χ2n) is 5.15. The summed E-state index contributed by atoms with van der Waals surface area (Å²) in [4.78, 5) is 1.41. The quantitative estimate of drug-likeness (QED) is 0.847. The van der Waals surface area contributed by atoms with Crippen LogP contribution in [0.15, 0.2) is 23.1 Å². The molecule has 0 bridgehead atoms. The summed E-state index contributed by atoms with van der Waals surface area (Å²) >= 11 is 1.93. The molecule has 1 unspecified atom stereocenters. The van der Waals surface area contributed by atoms with Gasteiger partial charge in [-0.15, -0.1) is 11.8 Å². The van der Waals surface area contributed by atoms with E-state index in [4.69, 9.17) is 4.74 Å². The Morgan fingerprint density at radius 3 is 2.94 bits per heavy atom. The summed E-state index contributed by atoms with van der Waals surface area (Å²) in [5.74, 6) is 1.06. The summed E-state index contributed by atoms with van der Waals surface area (Å²) in [5.41, 5.74) is 3.15. The predicted octanol–water partition coefficient (Wildman–Crippen LogP) is 2.65. The molecular formula is C15H21NOS. The number of thioether (sulfide) groups is 1. The van der Waals surface area contributed by atoms with Gasteiger partial charge in [0.15, 0.2) is 0 Å². The van der Waals surface area contributed by atoms with E-state index < -0.39 is 0 Å². The minimum atomic E-state index is 0.375. The number of hydrogen-bond donors (Lipinski definition) is 1. The minimum Gasteiger partial charge on any atom is -0.375 e. The maximum atomic E-state index is 5.73.